The van der Waals surface area contributed by atoms with E-state index in [4.69, 9.17) is 18.9 Å². The molecule has 2 amide bonds. The Morgan fingerprint density at radius 3 is 2.49 bits per heavy atom. The predicted molar refractivity (Wildman–Crippen MR) is 186 cm³/mol. The van der Waals surface area contributed by atoms with Gasteiger partial charge in [0.2, 0.25) is 11.8 Å². The molecule has 2 fully saturated rings. The number of hydrogen-bond donors (Lipinski definition) is 2. The van der Waals surface area contributed by atoms with Crippen molar-refractivity contribution in [2.75, 3.05) is 13.2 Å². The standard InChI is InChI=1S/C37H43IN2O9/c1-36(2,3)48-31(42)14-13-27(21-41)39-33(43)28-12-7-15-40(28)34(44)25-17-29(46-35(45)22-10-6-11-26(38)16-22)32-30(18-25)47-37(49-32)19-23-8-4-5-9-24(23)20-37/h4-6,8-11,16,18,27-30,32,41H,7,12-15,17,19-21H2,1-3H3,(H,39,43)/t27-,28+,29+,30+,32-/m0/s1. The molecule has 12 heteroatoms. The van der Waals surface area contributed by atoms with Crippen molar-refractivity contribution in [3.63, 3.8) is 0 Å². The van der Waals surface area contributed by atoms with E-state index in [1.54, 1.807) is 49.9 Å². The third-order valence-corrected chi connectivity index (χ3v) is 9.98. The van der Waals surface area contributed by atoms with Crippen molar-refractivity contribution < 1.29 is 43.2 Å². The molecule has 0 radical (unpaired) electrons. The zero-order chi connectivity index (χ0) is 34.9. The van der Waals surface area contributed by atoms with Gasteiger partial charge in [-0.1, -0.05) is 30.3 Å². The molecule has 0 unspecified atom stereocenters. The summed E-state index contributed by atoms with van der Waals surface area (Å²) in [7, 11) is 0. The lowest BCUT2D eigenvalue weighted by Gasteiger charge is -2.33. The minimum absolute atomic E-state index is 0.0302. The van der Waals surface area contributed by atoms with E-state index < -0.39 is 59.6 Å². The quantitative estimate of drug-likeness (QED) is 0.285. The average Bonchev–Trinajstić information content (AvgIpc) is 3.77. The summed E-state index contributed by atoms with van der Waals surface area (Å²) in [5, 5.41) is 12.8. The van der Waals surface area contributed by atoms with Crippen LogP contribution in [0.25, 0.3) is 0 Å². The number of aliphatic hydroxyl groups is 1. The predicted octanol–water partition coefficient (Wildman–Crippen LogP) is 4.02. The van der Waals surface area contributed by atoms with E-state index in [2.05, 4.69) is 40.0 Å². The third-order valence-electron chi connectivity index (χ3n) is 9.31. The van der Waals surface area contributed by atoms with Gasteiger partial charge in [-0.05, 0) is 98.0 Å². The molecule has 2 heterocycles. The number of rotatable bonds is 9. The highest BCUT2D eigenvalue weighted by molar-refractivity contribution is 14.1. The number of aliphatic hydroxyl groups excluding tert-OH is 1. The molecule has 0 saturated carbocycles. The minimum Gasteiger partial charge on any atom is -0.460 e. The molecule has 1 spiro atoms. The molecule has 2 aliphatic carbocycles. The van der Waals surface area contributed by atoms with Gasteiger partial charge >= 0.3 is 11.9 Å². The summed E-state index contributed by atoms with van der Waals surface area (Å²) in [6, 6.07) is 13.7. The second-order valence-corrected chi connectivity index (χ2v) is 15.5. The first-order valence-electron chi connectivity index (χ1n) is 16.9. The van der Waals surface area contributed by atoms with Crippen molar-refractivity contribution in [2.24, 2.45) is 0 Å². The van der Waals surface area contributed by atoms with Gasteiger partial charge in [-0.2, -0.15) is 0 Å². The number of ether oxygens (including phenoxy) is 4. The monoisotopic (exact) mass is 786 g/mol. The molecule has 4 aliphatic rings. The highest BCUT2D eigenvalue weighted by Gasteiger charge is 2.55. The Morgan fingerprint density at radius 2 is 1.82 bits per heavy atom. The van der Waals surface area contributed by atoms with E-state index in [0.29, 0.717) is 43.4 Å². The number of fused-ring (bicyclic) bond motifs is 2. The average molecular weight is 787 g/mol. The van der Waals surface area contributed by atoms with Crippen LogP contribution in [0.15, 0.2) is 60.2 Å². The van der Waals surface area contributed by atoms with Gasteiger partial charge in [0.25, 0.3) is 0 Å². The van der Waals surface area contributed by atoms with Crippen LogP contribution >= 0.6 is 22.6 Å². The molecule has 6 rings (SSSR count). The first kappa shape index (κ1) is 35.5. The fourth-order valence-corrected chi connectivity index (χ4v) is 7.67. The van der Waals surface area contributed by atoms with Crippen LogP contribution in [0.5, 0.6) is 0 Å². The van der Waals surface area contributed by atoms with Crippen LogP contribution in [0.4, 0.5) is 0 Å². The lowest BCUT2D eigenvalue weighted by Crippen LogP contribution is -2.51. The Morgan fingerprint density at radius 1 is 1.08 bits per heavy atom. The van der Waals surface area contributed by atoms with Crippen LogP contribution in [-0.4, -0.2) is 88.7 Å². The maximum atomic E-state index is 14.2. The summed E-state index contributed by atoms with van der Waals surface area (Å²) >= 11 is 2.14. The Kier molecular flexibility index (Phi) is 10.5. The Bertz CT molecular complexity index is 1610. The fourth-order valence-electron chi connectivity index (χ4n) is 7.13. The topological polar surface area (TPSA) is 141 Å². The maximum Gasteiger partial charge on any atom is 0.338 e. The van der Waals surface area contributed by atoms with Gasteiger partial charge in [0, 0.05) is 41.4 Å². The van der Waals surface area contributed by atoms with E-state index in [0.717, 1.165) is 14.7 Å². The normalized spacial score (nSPS) is 24.5. The first-order chi connectivity index (χ1) is 23.3. The molecule has 49 heavy (non-hydrogen) atoms. The van der Waals surface area contributed by atoms with Gasteiger partial charge in [0.05, 0.1) is 18.2 Å². The van der Waals surface area contributed by atoms with Crippen molar-refractivity contribution in [1.29, 1.82) is 0 Å². The van der Waals surface area contributed by atoms with Gasteiger partial charge in [-0.3, -0.25) is 14.4 Å². The van der Waals surface area contributed by atoms with Crippen molar-refractivity contribution in [3.05, 3.63) is 80.4 Å². The number of hydrogen-bond acceptors (Lipinski definition) is 9. The highest BCUT2D eigenvalue weighted by atomic mass is 127. The van der Waals surface area contributed by atoms with Gasteiger partial charge in [0.1, 0.15) is 30.0 Å². The van der Waals surface area contributed by atoms with E-state index in [1.165, 1.54) is 0 Å². The zero-order valence-corrected chi connectivity index (χ0v) is 30.1. The van der Waals surface area contributed by atoms with Crippen LogP contribution in [-0.2, 0) is 46.2 Å². The third kappa shape index (κ3) is 8.19. The molecule has 2 saturated heterocycles. The van der Waals surface area contributed by atoms with Crippen LogP contribution < -0.4 is 5.32 Å². The molecule has 2 aromatic carbocycles. The lowest BCUT2D eigenvalue weighted by molar-refractivity contribution is -0.172. The molecular formula is C37H43IN2O9. The van der Waals surface area contributed by atoms with E-state index in [9.17, 15) is 24.3 Å². The van der Waals surface area contributed by atoms with Gasteiger partial charge in [-0.25, -0.2) is 4.79 Å². The molecule has 0 bridgehead atoms. The van der Waals surface area contributed by atoms with E-state index >= 15 is 0 Å². The second kappa shape index (κ2) is 14.5. The molecular weight excluding hydrogens is 743 g/mol. The fraction of sp³-hybridized carbons (Fsp3) is 0.514. The van der Waals surface area contributed by atoms with E-state index in [-0.39, 0.29) is 31.8 Å². The summed E-state index contributed by atoms with van der Waals surface area (Å²) in [6.45, 7) is 5.33. The lowest BCUT2D eigenvalue weighted by atomic mass is 9.91. The summed E-state index contributed by atoms with van der Waals surface area (Å²) in [4.78, 5) is 54.8. The number of carbonyl (C=O) groups is 4. The number of nitrogens with zero attached hydrogens (tertiary/aromatic N) is 1. The molecule has 2 aromatic rings. The zero-order valence-electron chi connectivity index (χ0n) is 28.0. The molecule has 11 nitrogen and oxygen atoms in total. The number of nitrogens with one attached hydrogen (secondary N) is 1. The Labute approximate surface area is 299 Å². The molecule has 262 valence electrons. The highest BCUT2D eigenvalue weighted by Crippen LogP contribution is 2.45. The first-order valence-corrected chi connectivity index (χ1v) is 17.9. The summed E-state index contributed by atoms with van der Waals surface area (Å²) < 4.78 is 25.5. The Hall–Kier alpha value is -3.33. The summed E-state index contributed by atoms with van der Waals surface area (Å²) in [6.07, 6.45) is 2.19. The number of halogens is 1. The van der Waals surface area contributed by atoms with E-state index in [1.807, 2.05) is 18.2 Å². The van der Waals surface area contributed by atoms with Crippen LogP contribution in [0.1, 0.15) is 74.4 Å². The molecule has 2 aliphatic heterocycles. The molecule has 5 atom stereocenters. The minimum atomic E-state index is -0.935. The second-order valence-electron chi connectivity index (χ2n) is 14.2. The van der Waals surface area contributed by atoms with Gasteiger partial charge in [0.15, 0.2) is 5.79 Å². The van der Waals surface area contributed by atoms with Crippen LogP contribution in [0.3, 0.4) is 0 Å². The number of likely N-dealkylation sites (tertiary alicyclic amines) is 1. The number of benzene rings is 2. The van der Waals surface area contributed by atoms with Gasteiger partial charge in [-0.15, -0.1) is 0 Å². The van der Waals surface area contributed by atoms with Crippen molar-refractivity contribution in [1.82, 2.24) is 10.2 Å². The number of amides is 2. The maximum absolute atomic E-state index is 14.2. The van der Waals surface area contributed by atoms with Crippen molar-refractivity contribution in [2.45, 2.75) is 108 Å². The number of esters is 2. The van der Waals surface area contributed by atoms with Crippen molar-refractivity contribution in [3.8, 4) is 0 Å². The van der Waals surface area contributed by atoms with Crippen molar-refractivity contribution >= 4 is 46.3 Å². The summed E-state index contributed by atoms with van der Waals surface area (Å²) in [5.41, 5.74) is 2.42. The number of carbonyl (C=O) groups excluding carboxylic acids is 4. The van der Waals surface area contributed by atoms with Crippen LogP contribution in [0, 0.1) is 3.57 Å². The molecule has 2 N–H and O–H groups in total. The summed E-state index contributed by atoms with van der Waals surface area (Å²) in [5.74, 6) is -2.60. The Balaban J connectivity index is 1.18. The largest absolute Gasteiger partial charge is 0.460 e. The van der Waals surface area contributed by atoms with Gasteiger partial charge < -0.3 is 34.3 Å². The van der Waals surface area contributed by atoms with Crippen LogP contribution in [0.2, 0.25) is 0 Å². The molecule has 0 aromatic heterocycles. The smallest absolute Gasteiger partial charge is 0.338 e. The SMILES string of the molecule is CC(C)(C)OC(=O)CC[C@@H](CO)NC(=O)[C@H]1CCCN1C(=O)C1=C[C@H]2OC3(Cc4ccccc4C3)O[C@H]2[C@H](OC(=O)c2cccc(I)c2)C1.